The van der Waals surface area contributed by atoms with Gasteiger partial charge in [-0.1, -0.05) is 30.3 Å². The number of halogens is 4. The van der Waals surface area contributed by atoms with Gasteiger partial charge in [0.15, 0.2) is 0 Å². The molecule has 6 nitrogen and oxygen atoms in total. The van der Waals surface area contributed by atoms with Gasteiger partial charge in [-0.3, -0.25) is 10.2 Å². The van der Waals surface area contributed by atoms with Gasteiger partial charge < -0.3 is 5.32 Å². The average molecular weight is 475 g/mol. The summed E-state index contributed by atoms with van der Waals surface area (Å²) in [5.74, 6) is -0.507. The molecule has 0 saturated carbocycles. The highest BCUT2D eigenvalue weighted by molar-refractivity contribution is 5.90. The fourth-order valence-electron chi connectivity index (χ4n) is 4.31. The third-order valence-electron chi connectivity index (χ3n) is 5.98. The molecule has 1 aliphatic heterocycles. The lowest BCUT2D eigenvalue weighted by Gasteiger charge is -2.21. The van der Waals surface area contributed by atoms with Crippen LogP contribution in [-0.2, 0) is 0 Å². The lowest BCUT2D eigenvalue weighted by atomic mass is 9.94. The molecule has 2 heterocycles. The minimum Gasteiger partial charge on any atom is -0.333 e. The van der Waals surface area contributed by atoms with Crippen molar-refractivity contribution < 1.29 is 22.4 Å². The minimum atomic E-state index is -4.37. The topological polar surface area (TPSA) is 62.2 Å². The van der Waals surface area contributed by atoms with Crippen molar-refractivity contribution in [2.45, 2.75) is 32.0 Å². The average Bonchev–Trinajstić information content (AvgIpc) is 3.28. The molecule has 0 spiro atoms. The van der Waals surface area contributed by atoms with E-state index in [2.05, 4.69) is 15.7 Å². The summed E-state index contributed by atoms with van der Waals surface area (Å²) in [6.07, 6.45) is -4.37. The van der Waals surface area contributed by atoms with Crippen molar-refractivity contribution >= 4 is 11.8 Å². The molecule has 1 aromatic heterocycles. The Balaban J connectivity index is 1.55. The second-order valence-corrected chi connectivity index (χ2v) is 8.48. The predicted octanol–water partition coefficient (Wildman–Crippen LogP) is 4.78. The number of amides is 2. The third kappa shape index (κ3) is 5.39. The molecule has 2 atom stereocenters. The number of nitrogens with zero attached hydrogens (tertiary/aromatic N) is 3. The molecule has 180 valence electrons. The molecule has 2 N–H and O–H groups in total. The van der Waals surface area contributed by atoms with Gasteiger partial charge in [-0.05, 0) is 43.7 Å². The Kier molecular flexibility index (Phi) is 6.60. The van der Waals surface area contributed by atoms with Crippen molar-refractivity contribution in [3.63, 3.8) is 0 Å². The number of hydrogen-bond acceptors (Lipinski definition) is 3. The Morgan fingerprint density at radius 3 is 2.50 bits per heavy atom. The first kappa shape index (κ1) is 23.7. The van der Waals surface area contributed by atoms with E-state index in [9.17, 15) is 22.4 Å². The molecule has 2 amide bonds. The Morgan fingerprint density at radius 1 is 1.09 bits per heavy atom. The standard InChI is InChI=1S/C24H25F4N5O/c1-15-16(2)31-33(19-9-4-3-5-10-19)22(15)30-23(34)29-21-13-32(14-24(26,27)28)12-20(21)17-7-6-8-18(25)11-17/h3-11,20-21H,12-14H2,1-2H3,(H2,29,30,34)/t20-,21+/m1/s1. The van der Waals surface area contributed by atoms with Crippen molar-refractivity contribution in [3.8, 4) is 5.69 Å². The van der Waals surface area contributed by atoms with Crippen molar-refractivity contribution in [1.29, 1.82) is 0 Å². The summed E-state index contributed by atoms with van der Waals surface area (Å²) >= 11 is 0. The molecular weight excluding hydrogens is 450 g/mol. The summed E-state index contributed by atoms with van der Waals surface area (Å²) in [5, 5.41) is 10.1. The Bertz CT molecular complexity index is 1160. The zero-order chi connectivity index (χ0) is 24.5. The summed E-state index contributed by atoms with van der Waals surface area (Å²) in [6, 6.07) is 13.8. The van der Waals surface area contributed by atoms with E-state index in [4.69, 9.17) is 0 Å². The van der Waals surface area contributed by atoms with Crippen LogP contribution in [0.3, 0.4) is 0 Å². The van der Waals surface area contributed by atoms with Gasteiger partial charge in [-0.2, -0.15) is 18.3 Å². The van der Waals surface area contributed by atoms with E-state index in [1.165, 1.54) is 23.1 Å². The van der Waals surface area contributed by atoms with Crippen LogP contribution in [0, 0.1) is 19.7 Å². The molecule has 3 aromatic rings. The van der Waals surface area contributed by atoms with Crippen LogP contribution in [0.25, 0.3) is 5.69 Å². The van der Waals surface area contributed by atoms with Gasteiger partial charge in [-0.25, -0.2) is 13.9 Å². The van der Waals surface area contributed by atoms with Crippen LogP contribution < -0.4 is 10.6 Å². The van der Waals surface area contributed by atoms with E-state index in [-0.39, 0.29) is 13.1 Å². The third-order valence-corrected chi connectivity index (χ3v) is 5.98. The molecular formula is C24H25F4N5O. The van der Waals surface area contributed by atoms with Crippen LogP contribution in [0.5, 0.6) is 0 Å². The molecule has 0 bridgehead atoms. The van der Waals surface area contributed by atoms with Gasteiger partial charge in [0.05, 0.1) is 24.0 Å². The molecule has 4 rings (SSSR count). The van der Waals surface area contributed by atoms with Gasteiger partial charge in [-0.15, -0.1) is 0 Å². The van der Waals surface area contributed by atoms with Crippen LogP contribution in [0.4, 0.5) is 28.2 Å². The number of carbonyl (C=O) groups excluding carboxylic acids is 1. The smallest absolute Gasteiger partial charge is 0.333 e. The molecule has 0 aliphatic carbocycles. The number of benzene rings is 2. The second-order valence-electron chi connectivity index (χ2n) is 8.48. The van der Waals surface area contributed by atoms with Crippen molar-refractivity contribution in [2.75, 3.05) is 25.0 Å². The first-order valence-electron chi connectivity index (χ1n) is 10.8. The maximum Gasteiger partial charge on any atom is 0.401 e. The number of aryl methyl sites for hydroxylation is 1. The van der Waals surface area contributed by atoms with Gasteiger partial charge in [0, 0.05) is 24.6 Å². The number of para-hydroxylation sites is 1. The molecule has 1 fully saturated rings. The lowest BCUT2D eigenvalue weighted by molar-refractivity contribution is -0.143. The number of nitrogens with one attached hydrogen (secondary N) is 2. The quantitative estimate of drug-likeness (QED) is 0.522. The zero-order valence-corrected chi connectivity index (χ0v) is 18.7. The number of likely N-dealkylation sites (tertiary alicyclic amines) is 1. The summed E-state index contributed by atoms with van der Waals surface area (Å²) in [4.78, 5) is 14.2. The highest BCUT2D eigenvalue weighted by Gasteiger charge is 2.40. The largest absolute Gasteiger partial charge is 0.401 e. The fraction of sp³-hybridized carbons (Fsp3) is 0.333. The number of urea groups is 1. The Labute approximate surface area is 194 Å². The van der Waals surface area contributed by atoms with Crippen LogP contribution in [-0.4, -0.2) is 52.6 Å². The molecule has 2 aromatic carbocycles. The van der Waals surface area contributed by atoms with E-state index < -0.39 is 36.5 Å². The van der Waals surface area contributed by atoms with E-state index in [1.807, 2.05) is 44.2 Å². The number of hydrogen-bond donors (Lipinski definition) is 2. The summed E-state index contributed by atoms with van der Waals surface area (Å²) in [5.41, 5.74) is 2.79. The zero-order valence-electron chi connectivity index (χ0n) is 18.7. The molecule has 1 aliphatic rings. The second kappa shape index (κ2) is 9.46. The Morgan fingerprint density at radius 2 is 1.82 bits per heavy atom. The van der Waals surface area contributed by atoms with E-state index in [1.54, 1.807) is 10.7 Å². The van der Waals surface area contributed by atoms with E-state index in [0.717, 1.165) is 16.9 Å². The predicted molar refractivity (Wildman–Crippen MR) is 121 cm³/mol. The maximum atomic E-state index is 13.8. The fourth-order valence-corrected chi connectivity index (χ4v) is 4.31. The van der Waals surface area contributed by atoms with Gasteiger partial charge in [0.25, 0.3) is 0 Å². The molecule has 34 heavy (non-hydrogen) atoms. The van der Waals surface area contributed by atoms with E-state index in [0.29, 0.717) is 11.4 Å². The monoisotopic (exact) mass is 475 g/mol. The number of alkyl halides is 3. The van der Waals surface area contributed by atoms with E-state index >= 15 is 0 Å². The highest BCUT2D eigenvalue weighted by Crippen LogP contribution is 2.31. The molecule has 1 saturated heterocycles. The van der Waals surface area contributed by atoms with Gasteiger partial charge in [0.1, 0.15) is 11.6 Å². The van der Waals surface area contributed by atoms with Crippen LogP contribution in [0.15, 0.2) is 54.6 Å². The van der Waals surface area contributed by atoms with Gasteiger partial charge in [0.2, 0.25) is 0 Å². The van der Waals surface area contributed by atoms with Crippen molar-refractivity contribution in [2.24, 2.45) is 0 Å². The first-order valence-corrected chi connectivity index (χ1v) is 10.8. The number of carbonyl (C=O) groups is 1. The first-order chi connectivity index (χ1) is 16.1. The molecule has 0 radical (unpaired) electrons. The lowest BCUT2D eigenvalue weighted by Crippen LogP contribution is -2.43. The van der Waals surface area contributed by atoms with Gasteiger partial charge >= 0.3 is 12.2 Å². The number of anilines is 1. The van der Waals surface area contributed by atoms with Crippen LogP contribution >= 0.6 is 0 Å². The van der Waals surface area contributed by atoms with Crippen molar-refractivity contribution in [3.05, 3.63) is 77.2 Å². The maximum absolute atomic E-state index is 13.8. The Hall–Kier alpha value is -3.40. The normalized spacial score (nSPS) is 18.8. The summed E-state index contributed by atoms with van der Waals surface area (Å²) in [6.45, 7) is 2.59. The van der Waals surface area contributed by atoms with Crippen LogP contribution in [0.1, 0.15) is 22.7 Å². The van der Waals surface area contributed by atoms with Crippen molar-refractivity contribution in [1.82, 2.24) is 20.0 Å². The molecule has 0 unspecified atom stereocenters. The summed E-state index contributed by atoms with van der Waals surface area (Å²) < 4.78 is 54.5. The van der Waals surface area contributed by atoms with Crippen LogP contribution in [0.2, 0.25) is 0 Å². The molecule has 10 heteroatoms. The highest BCUT2D eigenvalue weighted by atomic mass is 19.4. The SMILES string of the molecule is Cc1nn(-c2ccccc2)c(NC(=O)N[C@H]2CN(CC(F)(F)F)C[C@@H]2c2cccc(F)c2)c1C. The number of rotatable bonds is 5. The summed E-state index contributed by atoms with van der Waals surface area (Å²) in [7, 11) is 0. The number of aromatic nitrogens is 2. The minimum absolute atomic E-state index is 0.00985.